The Morgan fingerprint density at radius 3 is 2.83 bits per heavy atom. The van der Waals surface area contributed by atoms with Crippen molar-refractivity contribution in [2.75, 3.05) is 19.7 Å². The Balaban J connectivity index is 2.02. The normalized spacial score (nSPS) is 39.7. The molecular weight excluding hydrogens is 150 g/mol. The van der Waals surface area contributed by atoms with Crippen LogP contribution in [0.15, 0.2) is 12.2 Å². The van der Waals surface area contributed by atoms with Crippen molar-refractivity contribution in [3.05, 3.63) is 12.2 Å². The summed E-state index contributed by atoms with van der Waals surface area (Å²) >= 11 is 0. The summed E-state index contributed by atoms with van der Waals surface area (Å²) < 4.78 is 0. The molecule has 0 radical (unpaired) electrons. The van der Waals surface area contributed by atoms with Crippen LogP contribution in [0.25, 0.3) is 0 Å². The van der Waals surface area contributed by atoms with E-state index in [1.807, 2.05) is 0 Å². The molecule has 2 bridgehead atoms. The Labute approximate surface area is 73.9 Å². The summed E-state index contributed by atoms with van der Waals surface area (Å²) in [5, 5.41) is 9.28. The maximum absolute atomic E-state index is 9.28. The Kier molecular flexibility index (Phi) is 1.77. The molecule has 0 unspecified atom stereocenters. The SMILES string of the molecule is C=C(C)CN1CC2CC1(CO)C2. The number of aliphatic hydroxyl groups is 1. The number of fused-ring (bicyclic) bond motifs is 1. The molecule has 0 aromatic heterocycles. The molecule has 2 heteroatoms. The van der Waals surface area contributed by atoms with Crippen molar-refractivity contribution in [1.29, 1.82) is 0 Å². The molecule has 3 aliphatic rings. The molecule has 2 nitrogen and oxygen atoms in total. The van der Waals surface area contributed by atoms with Crippen LogP contribution in [0.1, 0.15) is 19.8 Å². The Morgan fingerprint density at radius 2 is 2.33 bits per heavy atom. The summed E-state index contributed by atoms with van der Waals surface area (Å²) in [4.78, 5) is 2.40. The van der Waals surface area contributed by atoms with Crippen LogP contribution >= 0.6 is 0 Å². The molecule has 1 saturated carbocycles. The van der Waals surface area contributed by atoms with E-state index in [2.05, 4.69) is 18.4 Å². The van der Waals surface area contributed by atoms with Crippen molar-refractivity contribution in [3.8, 4) is 0 Å². The number of aliphatic hydroxyl groups excluding tert-OH is 1. The minimum absolute atomic E-state index is 0.156. The summed E-state index contributed by atoms with van der Waals surface area (Å²) in [6, 6.07) is 0. The first-order chi connectivity index (χ1) is 5.66. The molecule has 0 amide bonds. The van der Waals surface area contributed by atoms with Crippen LogP contribution in [0.2, 0.25) is 0 Å². The molecule has 0 spiro atoms. The zero-order valence-corrected chi connectivity index (χ0v) is 7.71. The lowest BCUT2D eigenvalue weighted by atomic mass is 9.74. The van der Waals surface area contributed by atoms with Gasteiger partial charge in [0.05, 0.1) is 6.61 Å². The second kappa shape index (κ2) is 2.57. The van der Waals surface area contributed by atoms with Gasteiger partial charge in [-0.1, -0.05) is 12.2 Å². The third kappa shape index (κ3) is 1.02. The summed E-state index contributed by atoms with van der Waals surface area (Å²) in [6.45, 7) is 8.44. The van der Waals surface area contributed by atoms with E-state index < -0.39 is 0 Å². The van der Waals surface area contributed by atoms with Crippen molar-refractivity contribution in [2.45, 2.75) is 25.3 Å². The molecule has 2 heterocycles. The van der Waals surface area contributed by atoms with Crippen molar-refractivity contribution < 1.29 is 5.11 Å². The Hall–Kier alpha value is -0.340. The standard InChI is InChI=1S/C10H17NO/c1-8(2)5-11-6-9-3-10(11,4-9)7-12/h9,12H,1,3-7H2,2H3. The van der Waals surface area contributed by atoms with Crippen LogP contribution in [0.4, 0.5) is 0 Å². The number of rotatable bonds is 3. The molecule has 2 saturated heterocycles. The van der Waals surface area contributed by atoms with Gasteiger partial charge in [0.2, 0.25) is 0 Å². The smallest absolute Gasteiger partial charge is 0.0615 e. The van der Waals surface area contributed by atoms with Crippen LogP contribution in [0.3, 0.4) is 0 Å². The summed E-state index contributed by atoms with van der Waals surface area (Å²) in [7, 11) is 0. The molecule has 0 aromatic rings. The third-order valence-corrected chi connectivity index (χ3v) is 3.24. The van der Waals surface area contributed by atoms with Gasteiger partial charge in [-0.15, -0.1) is 0 Å². The van der Waals surface area contributed by atoms with Crippen molar-refractivity contribution >= 4 is 0 Å². The van der Waals surface area contributed by atoms with Crippen LogP contribution < -0.4 is 0 Å². The second-order valence-corrected chi connectivity index (χ2v) is 4.49. The van der Waals surface area contributed by atoms with E-state index >= 15 is 0 Å². The Morgan fingerprint density at radius 1 is 1.67 bits per heavy atom. The molecule has 12 heavy (non-hydrogen) atoms. The highest BCUT2D eigenvalue weighted by Crippen LogP contribution is 2.50. The van der Waals surface area contributed by atoms with E-state index in [1.165, 1.54) is 25.0 Å². The predicted octanol–water partition coefficient (Wildman–Crippen LogP) is 1.02. The van der Waals surface area contributed by atoms with E-state index in [9.17, 15) is 5.11 Å². The molecule has 3 fully saturated rings. The molecule has 1 aliphatic carbocycles. The number of nitrogens with zero attached hydrogens (tertiary/aromatic N) is 1. The first-order valence-electron chi connectivity index (χ1n) is 4.66. The summed E-state index contributed by atoms with van der Waals surface area (Å²) in [5.74, 6) is 0.858. The lowest BCUT2D eigenvalue weighted by Crippen LogP contribution is -2.49. The largest absolute Gasteiger partial charge is 0.394 e. The monoisotopic (exact) mass is 167 g/mol. The fourth-order valence-corrected chi connectivity index (χ4v) is 2.69. The van der Waals surface area contributed by atoms with Crippen LogP contribution in [-0.4, -0.2) is 35.2 Å². The van der Waals surface area contributed by atoms with Gasteiger partial charge in [0.1, 0.15) is 0 Å². The highest BCUT2D eigenvalue weighted by molar-refractivity contribution is 5.12. The predicted molar refractivity (Wildman–Crippen MR) is 48.9 cm³/mol. The number of hydrogen-bond acceptors (Lipinski definition) is 2. The lowest BCUT2D eigenvalue weighted by Gasteiger charge is -2.40. The maximum Gasteiger partial charge on any atom is 0.0615 e. The number of hydrogen-bond donors (Lipinski definition) is 1. The van der Waals surface area contributed by atoms with Crippen LogP contribution in [0, 0.1) is 5.92 Å². The van der Waals surface area contributed by atoms with E-state index in [0.29, 0.717) is 6.61 Å². The van der Waals surface area contributed by atoms with Crippen molar-refractivity contribution in [1.82, 2.24) is 4.90 Å². The molecule has 1 N–H and O–H groups in total. The van der Waals surface area contributed by atoms with Gasteiger partial charge >= 0.3 is 0 Å². The summed E-state index contributed by atoms with van der Waals surface area (Å²) in [5.41, 5.74) is 1.36. The van der Waals surface area contributed by atoms with Gasteiger partial charge in [-0.25, -0.2) is 0 Å². The van der Waals surface area contributed by atoms with Crippen molar-refractivity contribution in [2.24, 2.45) is 5.92 Å². The third-order valence-electron chi connectivity index (χ3n) is 3.24. The van der Waals surface area contributed by atoms with Gasteiger partial charge in [-0.05, 0) is 25.7 Å². The molecular formula is C10H17NO. The maximum atomic E-state index is 9.28. The quantitative estimate of drug-likeness (QED) is 0.634. The van der Waals surface area contributed by atoms with Gasteiger partial charge in [-0.3, -0.25) is 4.90 Å². The van der Waals surface area contributed by atoms with E-state index in [1.54, 1.807) is 0 Å². The first-order valence-corrected chi connectivity index (χ1v) is 4.66. The minimum Gasteiger partial charge on any atom is -0.394 e. The zero-order valence-electron chi connectivity index (χ0n) is 7.71. The van der Waals surface area contributed by atoms with E-state index in [4.69, 9.17) is 0 Å². The van der Waals surface area contributed by atoms with Crippen molar-refractivity contribution in [3.63, 3.8) is 0 Å². The molecule has 68 valence electrons. The molecule has 0 atom stereocenters. The van der Waals surface area contributed by atoms with Gasteiger partial charge in [-0.2, -0.15) is 0 Å². The first kappa shape index (κ1) is 8.27. The van der Waals surface area contributed by atoms with Gasteiger partial charge in [0, 0.05) is 18.6 Å². The molecule has 2 aliphatic heterocycles. The zero-order chi connectivity index (χ0) is 8.77. The minimum atomic E-state index is 0.156. The highest BCUT2D eigenvalue weighted by Gasteiger charge is 2.54. The van der Waals surface area contributed by atoms with E-state index in [-0.39, 0.29) is 5.54 Å². The summed E-state index contributed by atoms with van der Waals surface area (Å²) in [6.07, 6.45) is 2.41. The van der Waals surface area contributed by atoms with Gasteiger partial charge in [0.15, 0.2) is 0 Å². The fourth-order valence-electron chi connectivity index (χ4n) is 2.69. The van der Waals surface area contributed by atoms with Crippen LogP contribution in [0.5, 0.6) is 0 Å². The topological polar surface area (TPSA) is 23.5 Å². The molecule has 3 rings (SSSR count). The van der Waals surface area contributed by atoms with Gasteiger partial charge in [0.25, 0.3) is 0 Å². The average Bonchev–Trinajstić information content (AvgIpc) is 2.38. The second-order valence-electron chi connectivity index (χ2n) is 4.49. The average molecular weight is 167 g/mol. The lowest BCUT2D eigenvalue weighted by molar-refractivity contribution is 0.0428. The van der Waals surface area contributed by atoms with Gasteiger partial charge < -0.3 is 5.11 Å². The fraction of sp³-hybridized carbons (Fsp3) is 0.800. The Bertz CT molecular complexity index is 206. The highest BCUT2D eigenvalue weighted by atomic mass is 16.3. The molecule has 0 aromatic carbocycles. The van der Waals surface area contributed by atoms with E-state index in [0.717, 1.165) is 12.5 Å². The van der Waals surface area contributed by atoms with Crippen LogP contribution in [-0.2, 0) is 0 Å².